The smallest absolute Gasteiger partial charge is 0.255 e. The molecule has 2 atom stereocenters. The van der Waals surface area contributed by atoms with Crippen LogP contribution in [0.5, 0.6) is 0 Å². The predicted octanol–water partition coefficient (Wildman–Crippen LogP) is 3.52. The summed E-state index contributed by atoms with van der Waals surface area (Å²) in [6, 6.07) is 12.9. The van der Waals surface area contributed by atoms with Crippen molar-refractivity contribution >= 4 is 35.0 Å². The molecule has 2 amide bonds. The molecule has 0 saturated heterocycles. The minimum absolute atomic E-state index is 0.110. The summed E-state index contributed by atoms with van der Waals surface area (Å²) < 4.78 is 0. The molecular formula is C20H22Cl2N2O3. The molecule has 0 aliphatic heterocycles. The van der Waals surface area contributed by atoms with Gasteiger partial charge in [0.1, 0.15) is 6.04 Å². The molecule has 0 aromatic heterocycles. The number of hydrogen-bond donors (Lipinski definition) is 2. The van der Waals surface area contributed by atoms with Gasteiger partial charge in [0.05, 0.1) is 16.7 Å². The van der Waals surface area contributed by atoms with Crippen LogP contribution in [0.1, 0.15) is 29.3 Å². The molecule has 5 nitrogen and oxygen atoms in total. The lowest BCUT2D eigenvalue weighted by Gasteiger charge is -2.28. The molecule has 0 radical (unpaired) electrons. The minimum Gasteiger partial charge on any atom is -0.393 e. The van der Waals surface area contributed by atoms with Gasteiger partial charge in [-0.15, -0.1) is 0 Å². The topological polar surface area (TPSA) is 69.6 Å². The summed E-state index contributed by atoms with van der Waals surface area (Å²) in [5.74, 6) is -0.735. The number of rotatable bonds is 7. The molecule has 2 aromatic carbocycles. The van der Waals surface area contributed by atoms with E-state index >= 15 is 0 Å². The summed E-state index contributed by atoms with van der Waals surface area (Å²) in [6.45, 7) is 1.87. The van der Waals surface area contributed by atoms with Crippen molar-refractivity contribution < 1.29 is 14.7 Å². The maximum atomic E-state index is 12.8. The molecule has 0 aliphatic carbocycles. The summed E-state index contributed by atoms with van der Waals surface area (Å²) in [6.07, 6.45) is -0.642. The van der Waals surface area contributed by atoms with Crippen LogP contribution in [0.25, 0.3) is 0 Å². The van der Waals surface area contributed by atoms with E-state index in [0.29, 0.717) is 22.2 Å². The van der Waals surface area contributed by atoms with Gasteiger partial charge < -0.3 is 15.3 Å². The molecule has 7 heteroatoms. The van der Waals surface area contributed by atoms with Crippen LogP contribution in [0.3, 0.4) is 0 Å². The first-order valence-electron chi connectivity index (χ1n) is 8.51. The highest BCUT2D eigenvalue weighted by Crippen LogP contribution is 2.19. The number of amides is 2. The van der Waals surface area contributed by atoms with E-state index in [2.05, 4.69) is 5.32 Å². The van der Waals surface area contributed by atoms with E-state index in [-0.39, 0.29) is 18.2 Å². The van der Waals surface area contributed by atoms with Gasteiger partial charge in [0.15, 0.2) is 0 Å². The maximum Gasteiger partial charge on any atom is 0.255 e. The van der Waals surface area contributed by atoms with Crippen LogP contribution in [0, 0.1) is 0 Å². The molecule has 2 N–H and O–H groups in total. The molecular weight excluding hydrogens is 387 g/mol. The average Bonchev–Trinajstić information content (AvgIpc) is 2.64. The molecule has 0 unspecified atom stereocenters. The fourth-order valence-corrected chi connectivity index (χ4v) is 2.98. The third-order valence-electron chi connectivity index (χ3n) is 4.14. The van der Waals surface area contributed by atoms with E-state index in [9.17, 15) is 14.7 Å². The Bertz CT molecular complexity index is 794. The molecule has 27 heavy (non-hydrogen) atoms. The van der Waals surface area contributed by atoms with Gasteiger partial charge in [0.25, 0.3) is 5.91 Å². The number of hydrogen-bond acceptors (Lipinski definition) is 3. The second-order valence-corrected chi connectivity index (χ2v) is 7.18. The monoisotopic (exact) mass is 408 g/mol. The van der Waals surface area contributed by atoms with Crippen molar-refractivity contribution in [1.82, 2.24) is 10.2 Å². The number of carbonyl (C=O) groups excluding carboxylic acids is 2. The van der Waals surface area contributed by atoms with Gasteiger partial charge in [0.2, 0.25) is 5.91 Å². The van der Waals surface area contributed by atoms with Crippen LogP contribution >= 0.6 is 23.2 Å². The number of halogens is 2. The lowest BCUT2D eigenvalue weighted by atomic mass is 10.1. The van der Waals surface area contributed by atoms with E-state index in [1.165, 1.54) is 11.9 Å². The Labute approximate surface area is 168 Å². The SMILES string of the molecule is C[C@H](O)C[C@@H](C(=O)NCc1ccc(Cl)cc1)N(C)C(=O)c1ccccc1Cl. The van der Waals surface area contributed by atoms with Crippen molar-refractivity contribution in [2.24, 2.45) is 0 Å². The maximum absolute atomic E-state index is 12.8. The number of likely N-dealkylation sites (N-methyl/N-ethyl adjacent to an activating group) is 1. The second-order valence-electron chi connectivity index (χ2n) is 6.34. The van der Waals surface area contributed by atoms with Crippen molar-refractivity contribution in [2.75, 3.05) is 7.05 Å². The van der Waals surface area contributed by atoms with E-state index in [0.717, 1.165) is 5.56 Å². The lowest BCUT2D eigenvalue weighted by molar-refractivity contribution is -0.126. The van der Waals surface area contributed by atoms with Crippen LogP contribution in [0.4, 0.5) is 0 Å². The number of aliphatic hydroxyl groups excluding tert-OH is 1. The summed E-state index contributed by atoms with van der Waals surface area (Å²) in [5.41, 5.74) is 1.19. The summed E-state index contributed by atoms with van der Waals surface area (Å²) in [5, 5.41) is 13.5. The van der Waals surface area contributed by atoms with Crippen molar-refractivity contribution in [3.63, 3.8) is 0 Å². The van der Waals surface area contributed by atoms with E-state index in [1.54, 1.807) is 43.3 Å². The molecule has 0 heterocycles. The number of benzene rings is 2. The van der Waals surface area contributed by atoms with Crippen LogP contribution in [0.2, 0.25) is 10.0 Å². The van der Waals surface area contributed by atoms with Gasteiger partial charge in [-0.25, -0.2) is 0 Å². The standard InChI is InChI=1S/C20H22Cl2N2O3/c1-13(25)11-18(19(26)23-12-14-7-9-15(21)10-8-14)24(2)20(27)16-5-3-4-6-17(16)22/h3-10,13,18,25H,11-12H2,1-2H3,(H,23,26)/t13-,18-/m0/s1. The molecule has 0 spiro atoms. The zero-order valence-corrected chi connectivity index (χ0v) is 16.7. The molecule has 2 rings (SSSR count). The first kappa shape index (κ1) is 21.2. The first-order valence-corrected chi connectivity index (χ1v) is 9.27. The van der Waals surface area contributed by atoms with Crippen LogP contribution in [0.15, 0.2) is 48.5 Å². The van der Waals surface area contributed by atoms with Crippen molar-refractivity contribution in [2.45, 2.75) is 32.0 Å². The molecule has 0 fully saturated rings. The van der Waals surface area contributed by atoms with Crippen LogP contribution < -0.4 is 5.32 Å². The zero-order chi connectivity index (χ0) is 20.0. The molecule has 0 bridgehead atoms. The Kier molecular flexibility index (Phi) is 7.66. The van der Waals surface area contributed by atoms with Crippen LogP contribution in [-0.2, 0) is 11.3 Å². The highest BCUT2D eigenvalue weighted by molar-refractivity contribution is 6.33. The number of aliphatic hydroxyl groups is 1. The third-order valence-corrected chi connectivity index (χ3v) is 4.72. The highest BCUT2D eigenvalue weighted by atomic mass is 35.5. The lowest BCUT2D eigenvalue weighted by Crippen LogP contribution is -2.48. The van der Waals surface area contributed by atoms with Gasteiger partial charge in [0, 0.05) is 25.0 Å². The average molecular weight is 409 g/mol. The number of nitrogens with one attached hydrogen (secondary N) is 1. The number of carbonyl (C=O) groups is 2. The summed E-state index contributed by atoms with van der Waals surface area (Å²) in [4.78, 5) is 26.8. The van der Waals surface area contributed by atoms with Crippen molar-refractivity contribution in [3.8, 4) is 0 Å². The van der Waals surface area contributed by atoms with Gasteiger partial charge in [-0.2, -0.15) is 0 Å². The van der Waals surface area contributed by atoms with Gasteiger partial charge >= 0.3 is 0 Å². The van der Waals surface area contributed by atoms with Gasteiger partial charge in [-0.3, -0.25) is 9.59 Å². The fourth-order valence-electron chi connectivity index (χ4n) is 2.64. The Morgan fingerprint density at radius 1 is 1.11 bits per heavy atom. The Hall–Kier alpha value is -2.08. The number of nitrogens with zero attached hydrogens (tertiary/aromatic N) is 1. The molecule has 0 saturated carbocycles. The summed E-state index contributed by atoms with van der Waals surface area (Å²) >= 11 is 12.0. The zero-order valence-electron chi connectivity index (χ0n) is 15.2. The molecule has 2 aromatic rings. The van der Waals surface area contributed by atoms with Crippen molar-refractivity contribution in [1.29, 1.82) is 0 Å². The van der Waals surface area contributed by atoms with E-state index < -0.39 is 12.1 Å². The molecule has 0 aliphatic rings. The van der Waals surface area contributed by atoms with Crippen molar-refractivity contribution in [3.05, 3.63) is 69.7 Å². The Morgan fingerprint density at radius 2 is 1.74 bits per heavy atom. The van der Waals surface area contributed by atoms with Gasteiger partial charge in [-0.1, -0.05) is 47.5 Å². The largest absolute Gasteiger partial charge is 0.393 e. The summed E-state index contributed by atoms with van der Waals surface area (Å²) in [7, 11) is 1.53. The normalized spacial score (nSPS) is 12.9. The Balaban J connectivity index is 2.12. The third kappa shape index (κ3) is 5.96. The molecule has 144 valence electrons. The highest BCUT2D eigenvalue weighted by Gasteiger charge is 2.29. The fraction of sp³-hybridized carbons (Fsp3) is 0.300. The predicted molar refractivity (Wildman–Crippen MR) is 107 cm³/mol. The second kappa shape index (κ2) is 9.74. The van der Waals surface area contributed by atoms with Crippen LogP contribution in [-0.4, -0.2) is 41.0 Å². The van der Waals surface area contributed by atoms with E-state index in [4.69, 9.17) is 23.2 Å². The van der Waals surface area contributed by atoms with Gasteiger partial charge in [-0.05, 0) is 36.8 Å². The first-order chi connectivity index (χ1) is 12.8. The van der Waals surface area contributed by atoms with E-state index in [1.807, 2.05) is 12.1 Å². The minimum atomic E-state index is -0.832. The quantitative estimate of drug-likeness (QED) is 0.735. The Morgan fingerprint density at radius 3 is 2.33 bits per heavy atom.